The van der Waals surface area contributed by atoms with Gasteiger partial charge in [0, 0.05) is 38.5 Å². The van der Waals surface area contributed by atoms with Gasteiger partial charge in [-0.25, -0.2) is 4.68 Å². The minimum absolute atomic E-state index is 0.537. The molecule has 3 rings (SSSR count). The molecule has 0 spiro atoms. The quantitative estimate of drug-likeness (QED) is 0.701. The average Bonchev–Trinajstić information content (AvgIpc) is 2.70. The number of hydrogen-bond acceptors (Lipinski definition) is 4. The van der Waals surface area contributed by atoms with Crippen LogP contribution in [0.25, 0.3) is 0 Å². The normalized spacial score (nSPS) is 25.3. The number of aromatic nitrogens is 3. The molecule has 5 heteroatoms. The third-order valence-corrected chi connectivity index (χ3v) is 3.41. The van der Waals surface area contributed by atoms with Gasteiger partial charge in [-0.15, -0.1) is 5.10 Å². The van der Waals surface area contributed by atoms with Gasteiger partial charge in [-0.1, -0.05) is 5.21 Å². The first-order valence-corrected chi connectivity index (χ1v) is 5.61. The molecule has 1 aromatic rings. The minimum Gasteiger partial charge on any atom is -0.381 e. The molecule has 2 aliphatic rings. The van der Waals surface area contributed by atoms with E-state index in [0.29, 0.717) is 6.04 Å². The van der Waals surface area contributed by atoms with Crippen LogP contribution in [-0.4, -0.2) is 52.2 Å². The maximum Gasteiger partial charge on any atom is 0.0790 e. The highest BCUT2D eigenvalue weighted by Gasteiger charge is 2.34. The Hall–Kier alpha value is -0.940. The third kappa shape index (κ3) is 1.77. The van der Waals surface area contributed by atoms with E-state index in [4.69, 9.17) is 4.74 Å². The van der Waals surface area contributed by atoms with Gasteiger partial charge in [0.25, 0.3) is 0 Å². The van der Waals surface area contributed by atoms with Gasteiger partial charge in [0.15, 0.2) is 0 Å². The van der Waals surface area contributed by atoms with Gasteiger partial charge in [0.1, 0.15) is 0 Å². The molecule has 1 aromatic heterocycles. The van der Waals surface area contributed by atoms with Crippen LogP contribution < -0.4 is 0 Å². The summed E-state index contributed by atoms with van der Waals surface area (Å²) in [5.74, 6) is 0. The maximum atomic E-state index is 5.36. The van der Waals surface area contributed by atoms with Crippen molar-refractivity contribution >= 4 is 0 Å². The summed E-state index contributed by atoms with van der Waals surface area (Å²) in [6.07, 6.45) is 6.07. The highest BCUT2D eigenvalue weighted by atomic mass is 16.5. The Labute approximate surface area is 89.0 Å². The first kappa shape index (κ1) is 9.30. The Bertz CT molecular complexity index is 301. The van der Waals surface area contributed by atoms with E-state index >= 15 is 0 Å². The van der Waals surface area contributed by atoms with Crippen LogP contribution in [0.4, 0.5) is 0 Å². The van der Waals surface area contributed by atoms with E-state index in [9.17, 15) is 0 Å². The molecule has 2 saturated heterocycles. The van der Waals surface area contributed by atoms with Crippen molar-refractivity contribution in [3.8, 4) is 0 Å². The van der Waals surface area contributed by atoms with Gasteiger partial charge in [-0.3, -0.25) is 4.90 Å². The standard InChI is InChI=1S/C10H16N4O/c1-5-15-6-2-9(1)13-7-10(8-13)14-4-3-11-12-14/h3-4,9-10H,1-2,5-8H2. The van der Waals surface area contributed by atoms with Crippen molar-refractivity contribution in [1.29, 1.82) is 0 Å². The van der Waals surface area contributed by atoms with Gasteiger partial charge in [-0.05, 0) is 12.8 Å². The second-order valence-electron chi connectivity index (χ2n) is 4.33. The first-order valence-electron chi connectivity index (χ1n) is 5.61. The number of likely N-dealkylation sites (tertiary alicyclic amines) is 1. The van der Waals surface area contributed by atoms with E-state index in [1.165, 1.54) is 12.8 Å². The smallest absolute Gasteiger partial charge is 0.0790 e. The molecule has 0 bridgehead atoms. The molecular formula is C10H16N4O. The van der Waals surface area contributed by atoms with Gasteiger partial charge in [0.05, 0.1) is 12.2 Å². The van der Waals surface area contributed by atoms with Crippen LogP contribution >= 0.6 is 0 Å². The van der Waals surface area contributed by atoms with Crippen LogP contribution in [0, 0.1) is 0 Å². The first-order chi connectivity index (χ1) is 7.43. The largest absolute Gasteiger partial charge is 0.381 e. The summed E-state index contributed by atoms with van der Waals surface area (Å²) < 4.78 is 7.33. The summed E-state index contributed by atoms with van der Waals surface area (Å²) in [6, 6.07) is 1.27. The zero-order chi connectivity index (χ0) is 10.1. The summed E-state index contributed by atoms with van der Waals surface area (Å²) in [5, 5.41) is 7.87. The van der Waals surface area contributed by atoms with Crippen molar-refractivity contribution in [3.63, 3.8) is 0 Å². The van der Waals surface area contributed by atoms with Crippen molar-refractivity contribution in [3.05, 3.63) is 12.4 Å². The molecule has 5 nitrogen and oxygen atoms in total. The molecule has 0 unspecified atom stereocenters. The Morgan fingerprint density at radius 2 is 1.93 bits per heavy atom. The summed E-state index contributed by atoms with van der Waals surface area (Å²) in [6.45, 7) is 4.09. The molecule has 15 heavy (non-hydrogen) atoms. The maximum absolute atomic E-state index is 5.36. The number of nitrogens with zero attached hydrogens (tertiary/aromatic N) is 4. The monoisotopic (exact) mass is 208 g/mol. The number of rotatable bonds is 2. The van der Waals surface area contributed by atoms with Gasteiger partial charge < -0.3 is 4.74 Å². The van der Waals surface area contributed by atoms with Crippen LogP contribution in [-0.2, 0) is 4.74 Å². The topological polar surface area (TPSA) is 43.2 Å². The van der Waals surface area contributed by atoms with Crippen molar-refractivity contribution in [2.24, 2.45) is 0 Å². The zero-order valence-electron chi connectivity index (χ0n) is 8.75. The summed E-state index contributed by atoms with van der Waals surface area (Å²) in [5.41, 5.74) is 0. The second-order valence-corrected chi connectivity index (χ2v) is 4.33. The summed E-state index contributed by atoms with van der Waals surface area (Å²) in [4.78, 5) is 2.54. The van der Waals surface area contributed by atoms with Crippen molar-refractivity contribution in [1.82, 2.24) is 19.9 Å². The molecule has 3 heterocycles. The molecule has 82 valence electrons. The van der Waals surface area contributed by atoms with Crippen molar-refractivity contribution in [2.45, 2.75) is 24.9 Å². The lowest BCUT2D eigenvalue weighted by Gasteiger charge is -2.45. The average molecular weight is 208 g/mol. The SMILES string of the molecule is c1cn(C2CN(C3CCOCC3)C2)nn1. The number of ether oxygens (including phenoxy) is 1. The van der Waals surface area contributed by atoms with E-state index in [1.54, 1.807) is 6.20 Å². The second kappa shape index (κ2) is 3.90. The molecule has 0 saturated carbocycles. The fraction of sp³-hybridized carbons (Fsp3) is 0.800. The predicted octanol–water partition coefficient (Wildman–Crippen LogP) is 0.314. The Balaban J connectivity index is 1.53. The minimum atomic E-state index is 0.537. The molecule has 0 aromatic carbocycles. The van der Waals surface area contributed by atoms with Crippen molar-refractivity contribution in [2.75, 3.05) is 26.3 Å². The summed E-state index contributed by atoms with van der Waals surface area (Å²) in [7, 11) is 0. The van der Waals surface area contributed by atoms with E-state index in [-0.39, 0.29) is 0 Å². The molecule has 0 atom stereocenters. The highest BCUT2D eigenvalue weighted by molar-refractivity contribution is 4.90. The molecule has 0 N–H and O–H groups in total. The van der Waals surface area contributed by atoms with Crippen LogP contribution in [0.1, 0.15) is 18.9 Å². The van der Waals surface area contributed by atoms with Crippen LogP contribution in [0.2, 0.25) is 0 Å². The lowest BCUT2D eigenvalue weighted by Crippen LogP contribution is -2.54. The van der Waals surface area contributed by atoms with Crippen molar-refractivity contribution < 1.29 is 4.74 Å². The fourth-order valence-corrected chi connectivity index (χ4v) is 2.42. The zero-order valence-corrected chi connectivity index (χ0v) is 8.75. The predicted molar refractivity (Wildman–Crippen MR) is 54.5 cm³/mol. The fourth-order valence-electron chi connectivity index (χ4n) is 2.42. The molecule has 2 aliphatic heterocycles. The Kier molecular flexibility index (Phi) is 2.42. The van der Waals surface area contributed by atoms with Gasteiger partial charge in [0.2, 0.25) is 0 Å². The molecule has 2 fully saturated rings. The van der Waals surface area contributed by atoms with Crippen LogP contribution in [0.3, 0.4) is 0 Å². The third-order valence-electron chi connectivity index (χ3n) is 3.41. The van der Waals surface area contributed by atoms with E-state index in [2.05, 4.69) is 15.2 Å². The Morgan fingerprint density at radius 3 is 2.60 bits per heavy atom. The number of hydrogen-bond donors (Lipinski definition) is 0. The van der Waals surface area contributed by atoms with Gasteiger partial charge >= 0.3 is 0 Å². The molecule has 0 amide bonds. The molecule has 0 radical (unpaired) electrons. The van der Waals surface area contributed by atoms with Gasteiger partial charge in [-0.2, -0.15) is 0 Å². The van der Waals surface area contributed by atoms with E-state index < -0.39 is 0 Å². The molecule has 0 aliphatic carbocycles. The lowest BCUT2D eigenvalue weighted by atomic mass is 10.00. The van der Waals surface area contributed by atoms with Crippen LogP contribution in [0.5, 0.6) is 0 Å². The van der Waals surface area contributed by atoms with E-state index in [1.807, 2.05) is 10.9 Å². The van der Waals surface area contributed by atoms with Crippen LogP contribution in [0.15, 0.2) is 12.4 Å². The lowest BCUT2D eigenvalue weighted by molar-refractivity contribution is -0.0142. The highest BCUT2D eigenvalue weighted by Crippen LogP contribution is 2.26. The Morgan fingerprint density at radius 1 is 1.13 bits per heavy atom. The molecular weight excluding hydrogens is 192 g/mol. The van der Waals surface area contributed by atoms with E-state index in [0.717, 1.165) is 32.3 Å². The summed E-state index contributed by atoms with van der Waals surface area (Å²) >= 11 is 0.